The number of hydrogen-bond acceptors (Lipinski definition) is 3. The molecular formula is C12H12N2S. The molecule has 0 unspecified atom stereocenters. The third kappa shape index (κ3) is 2.80. The molecule has 0 aliphatic carbocycles. The van der Waals surface area contributed by atoms with E-state index in [4.69, 9.17) is 0 Å². The Morgan fingerprint density at radius 3 is 2.53 bits per heavy atom. The normalized spacial score (nSPS) is 10.2. The number of hydrogen-bond donors (Lipinski definition) is 0. The van der Waals surface area contributed by atoms with E-state index in [2.05, 4.69) is 40.5 Å². The van der Waals surface area contributed by atoms with Gasteiger partial charge in [-0.25, -0.2) is 9.97 Å². The summed E-state index contributed by atoms with van der Waals surface area (Å²) >= 11 is 1.76. The van der Waals surface area contributed by atoms with Crippen LogP contribution in [0.1, 0.15) is 11.3 Å². The Morgan fingerprint density at radius 1 is 1.13 bits per heavy atom. The van der Waals surface area contributed by atoms with Crippen molar-refractivity contribution in [1.29, 1.82) is 0 Å². The number of benzene rings is 1. The van der Waals surface area contributed by atoms with E-state index < -0.39 is 0 Å². The Labute approximate surface area is 93.8 Å². The molecule has 1 aromatic heterocycles. The molecule has 15 heavy (non-hydrogen) atoms. The van der Waals surface area contributed by atoms with Gasteiger partial charge in [-0.15, -0.1) is 11.8 Å². The molecule has 1 heterocycles. The summed E-state index contributed by atoms with van der Waals surface area (Å²) in [7, 11) is 0. The minimum atomic E-state index is 0.872. The smallest absolute Gasteiger partial charge is 0.115 e. The minimum absolute atomic E-state index is 0.872. The van der Waals surface area contributed by atoms with Crippen molar-refractivity contribution < 1.29 is 0 Å². The number of thioether (sulfide) groups is 1. The molecule has 0 N–H and O–H groups in total. The molecule has 2 aromatic rings. The zero-order valence-corrected chi connectivity index (χ0v) is 9.37. The summed E-state index contributed by atoms with van der Waals surface area (Å²) < 4.78 is 0. The fourth-order valence-corrected chi connectivity index (χ4v) is 1.78. The first-order valence-electron chi connectivity index (χ1n) is 4.76. The van der Waals surface area contributed by atoms with E-state index in [1.165, 1.54) is 10.5 Å². The van der Waals surface area contributed by atoms with Gasteiger partial charge in [0, 0.05) is 23.2 Å². The van der Waals surface area contributed by atoms with Crippen molar-refractivity contribution >= 4 is 11.8 Å². The number of aromatic nitrogens is 2. The third-order valence-corrected chi connectivity index (χ3v) is 2.93. The van der Waals surface area contributed by atoms with E-state index in [0.29, 0.717) is 0 Å². The molecule has 1 aromatic carbocycles. The molecule has 0 bridgehead atoms. The van der Waals surface area contributed by atoms with Crippen molar-refractivity contribution in [1.82, 2.24) is 9.97 Å². The quantitative estimate of drug-likeness (QED) is 0.738. The van der Waals surface area contributed by atoms with Crippen LogP contribution in [0.4, 0.5) is 0 Å². The molecule has 2 rings (SSSR count). The van der Waals surface area contributed by atoms with Gasteiger partial charge in [-0.2, -0.15) is 0 Å². The van der Waals surface area contributed by atoms with Gasteiger partial charge in [-0.05, 0) is 30.0 Å². The molecule has 0 aliphatic heterocycles. The number of nitrogens with zero attached hydrogens (tertiary/aromatic N) is 2. The van der Waals surface area contributed by atoms with E-state index in [1.807, 2.05) is 6.07 Å². The van der Waals surface area contributed by atoms with Crippen LogP contribution >= 0.6 is 11.8 Å². The van der Waals surface area contributed by atoms with Gasteiger partial charge in [0.1, 0.15) is 6.33 Å². The first-order valence-corrected chi connectivity index (χ1v) is 5.99. The van der Waals surface area contributed by atoms with Gasteiger partial charge in [0.15, 0.2) is 0 Å². The Hall–Kier alpha value is -1.35. The van der Waals surface area contributed by atoms with Crippen LogP contribution in [0.25, 0.3) is 0 Å². The van der Waals surface area contributed by atoms with Crippen molar-refractivity contribution in [3.8, 4) is 0 Å². The predicted octanol–water partition coefficient (Wildman–Crippen LogP) is 2.79. The van der Waals surface area contributed by atoms with Gasteiger partial charge < -0.3 is 0 Å². The Balaban J connectivity index is 2.11. The summed E-state index contributed by atoms with van der Waals surface area (Å²) in [5.74, 6) is 0. The van der Waals surface area contributed by atoms with E-state index >= 15 is 0 Å². The standard InChI is InChI=1S/C12H12N2S/c1-15-12-4-2-10(3-5-12)8-11-6-7-13-9-14-11/h2-7,9H,8H2,1H3. The van der Waals surface area contributed by atoms with Crippen molar-refractivity contribution in [3.63, 3.8) is 0 Å². The Kier molecular flexibility index (Phi) is 3.35. The summed E-state index contributed by atoms with van der Waals surface area (Å²) in [6, 6.07) is 10.5. The van der Waals surface area contributed by atoms with Crippen molar-refractivity contribution in [3.05, 3.63) is 54.1 Å². The highest BCUT2D eigenvalue weighted by molar-refractivity contribution is 7.98. The van der Waals surface area contributed by atoms with Crippen LogP contribution in [0.3, 0.4) is 0 Å². The van der Waals surface area contributed by atoms with Crippen LogP contribution in [0.2, 0.25) is 0 Å². The largest absolute Gasteiger partial charge is 0.245 e. The first kappa shape index (κ1) is 10.2. The summed E-state index contributed by atoms with van der Waals surface area (Å²) in [5.41, 5.74) is 2.34. The maximum atomic E-state index is 4.20. The lowest BCUT2D eigenvalue weighted by Crippen LogP contribution is -1.91. The lowest BCUT2D eigenvalue weighted by Gasteiger charge is -2.01. The van der Waals surface area contributed by atoms with E-state index in [-0.39, 0.29) is 0 Å². The molecular weight excluding hydrogens is 204 g/mol. The lowest BCUT2D eigenvalue weighted by molar-refractivity contribution is 1.02. The molecule has 3 heteroatoms. The fraction of sp³-hybridized carbons (Fsp3) is 0.167. The van der Waals surface area contributed by atoms with Crippen molar-refractivity contribution in [2.45, 2.75) is 11.3 Å². The SMILES string of the molecule is CSc1ccc(Cc2ccncn2)cc1. The van der Waals surface area contributed by atoms with Crippen LogP contribution in [-0.2, 0) is 6.42 Å². The van der Waals surface area contributed by atoms with Crippen LogP contribution in [0.15, 0.2) is 47.8 Å². The van der Waals surface area contributed by atoms with Gasteiger partial charge in [-0.3, -0.25) is 0 Å². The first-order chi connectivity index (χ1) is 7.38. The molecule has 0 amide bonds. The van der Waals surface area contributed by atoms with Gasteiger partial charge in [-0.1, -0.05) is 12.1 Å². The fourth-order valence-electron chi connectivity index (χ4n) is 1.38. The molecule has 0 aliphatic rings. The highest BCUT2D eigenvalue weighted by Crippen LogP contribution is 2.16. The molecule has 0 radical (unpaired) electrons. The molecule has 0 fully saturated rings. The second kappa shape index (κ2) is 4.94. The zero-order valence-electron chi connectivity index (χ0n) is 8.55. The van der Waals surface area contributed by atoms with Crippen LogP contribution in [0, 0.1) is 0 Å². The van der Waals surface area contributed by atoms with Crippen molar-refractivity contribution in [2.75, 3.05) is 6.26 Å². The monoisotopic (exact) mass is 216 g/mol. The van der Waals surface area contributed by atoms with E-state index in [1.54, 1.807) is 24.3 Å². The summed E-state index contributed by atoms with van der Waals surface area (Å²) in [6.07, 6.45) is 6.32. The lowest BCUT2D eigenvalue weighted by atomic mass is 10.1. The average molecular weight is 216 g/mol. The highest BCUT2D eigenvalue weighted by atomic mass is 32.2. The van der Waals surface area contributed by atoms with Crippen LogP contribution in [0.5, 0.6) is 0 Å². The summed E-state index contributed by atoms with van der Waals surface area (Å²) in [5, 5.41) is 0. The summed E-state index contributed by atoms with van der Waals surface area (Å²) in [4.78, 5) is 9.39. The predicted molar refractivity (Wildman–Crippen MR) is 63.1 cm³/mol. The van der Waals surface area contributed by atoms with Gasteiger partial charge in [0.25, 0.3) is 0 Å². The number of rotatable bonds is 3. The van der Waals surface area contributed by atoms with Gasteiger partial charge >= 0.3 is 0 Å². The zero-order chi connectivity index (χ0) is 10.5. The Morgan fingerprint density at radius 2 is 1.93 bits per heavy atom. The van der Waals surface area contributed by atoms with E-state index in [9.17, 15) is 0 Å². The van der Waals surface area contributed by atoms with Crippen LogP contribution in [-0.4, -0.2) is 16.2 Å². The topological polar surface area (TPSA) is 25.8 Å². The molecule has 0 spiro atoms. The average Bonchev–Trinajstić information content (AvgIpc) is 2.31. The maximum absolute atomic E-state index is 4.20. The minimum Gasteiger partial charge on any atom is -0.245 e. The molecule has 0 saturated carbocycles. The maximum Gasteiger partial charge on any atom is 0.115 e. The van der Waals surface area contributed by atoms with Crippen LogP contribution < -0.4 is 0 Å². The summed E-state index contributed by atoms with van der Waals surface area (Å²) in [6.45, 7) is 0. The van der Waals surface area contributed by atoms with Gasteiger partial charge in [0.05, 0.1) is 0 Å². The Bertz CT molecular complexity index is 411. The van der Waals surface area contributed by atoms with E-state index in [0.717, 1.165) is 12.1 Å². The molecule has 0 atom stereocenters. The second-order valence-electron chi connectivity index (χ2n) is 3.23. The molecule has 2 nitrogen and oxygen atoms in total. The second-order valence-corrected chi connectivity index (χ2v) is 4.11. The van der Waals surface area contributed by atoms with Gasteiger partial charge in [0.2, 0.25) is 0 Å². The molecule has 0 saturated heterocycles. The molecule has 76 valence electrons. The van der Waals surface area contributed by atoms with Crippen molar-refractivity contribution in [2.24, 2.45) is 0 Å². The third-order valence-electron chi connectivity index (χ3n) is 2.19. The highest BCUT2D eigenvalue weighted by Gasteiger charge is 1.97.